The number of benzene rings is 1. The van der Waals surface area contributed by atoms with Crippen molar-refractivity contribution >= 4 is 0 Å². The summed E-state index contributed by atoms with van der Waals surface area (Å²) >= 11 is 0. The van der Waals surface area contributed by atoms with Crippen LogP contribution in [0, 0.1) is 12.7 Å². The van der Waals surface area contributed by atoms with Crippen molar-refractivity contribution in [3.63, 3.8) is 0 Å². The molecule has 1 atom stereocenters. The molecule has 1 fully saturated rings. The molecule has 2 aromatic heterocycles. The van der Waals surface area contributed by atoms with E-state index in [0.29, 0.717) is 11.6 Å². The summed E-state index contributed by atoms with van der Waals surface area (Å²) in [4.78, 5) is 16.0. The van der Waals surface area contributed by atoms with Gasteiger partial charge in [0, 0.05) is 43.7 Å². The SMILES string of the molecule is Cc1cc(Oc2ccc(F)cc2)nc([C@@H]2CCN(Cc3nccn3C)C2)n1. The Bertz CT molecular complexity index is 924. The fourth-order valence-corrected chi connectivity index (χ4v) is 3.36. The Kier molecular flexibility index (Phi) is 4.85. The van der Waals surface area contributed by atoms with Crippen molar-refractivity contribution < 1.29 is 9.13 Å². The van der Waals surface area contributed by atoms with Gasteiger partial charge in [-0.25, -0.2) is 14.4 Å². The Balaban J connectivity index is 1.46. The van der Waals surface area contributed by atoms with Gasteiger partial charge in [-0.2, -0.15) is 4.98 Å². The minimum atomic E-state index is -0.291. The molecule has 27 heavy (non-hydrogen) atoms. The van der Waals surface area contributed by atoms with Crippen LogP contribution in [0.25, 0.3) is 0 Å². The van der Waals surface area contributed by atoms with Crippen molar-refractivity contribution in [2.45, 2.75) is 25.8 Å². The molecule has 0 spiro atoms. The van der Waals surface area contributed by atoms with Crippen LogP contribution >= 0.6 is 0 Å². The first-order valence-corrected chi connectivity index (χ1v) is 9.04. The maximum atomic E-state index is 13.1. The molecule has 0 radical (unpaired) electrons. The van der Waals surface area contributed by atoms with E-state index in [9.17, 15) is 4.39 Å². The number of aromatic nitrogens is 4. The molecule has 4 rings (SSSR count). The molecular weight excluding hydrogens is 345 g/mol. The molecule has 3 heterocycles. The topological polar surface area (TPSA) is 56.1 Å². The highest BCUT2D eigenvalue weighted by Gasteiger charge is 2.27. The fraction of sp³-hybridized carbons (Fsp3) is 0.350. The maximum Gasteiger partial charge on any atom is 0.222 e. The zero-order chi connectivity index (χ0) is 18.8. The largest absolute Gasteiger partial charge is 0.439 e. The first-order chi connectivity index (χ1) is 13.1. The quantitative estimate of drug-likeness (QED) is 0.691. The van der Waals surface area contributed by atoms with Crippen LogP contribution in [-0.4, -0.2) is 37.5 Å². The number of hydrogen-bond acceptors (Lipinski definition) is 5. The predicted octanol–water partition coefficient (Wildman–Crippen LogP) is 3.44. The summed E-state index contributed by atoms with van der Waals surface area (Å²) in [7, 11) is 2.01. The van der Waals surface area contributed by atoms with E-state index in [1.165, 1.54) is 12.1 Å². The first-order valence-electron chi connectivity index (χ1n) is 9.04. The predicted molar refractivity (Wildman–Crippen MR) is 99.1 cm³/mol. The molecular formula is C20H22FN5O. The number of imidazole rings is 1. The summed E-state index contributed by atoms with van der Waals surface area (Å²) in [5.41, 5.74) is 0.861. The number of ether oxygens (including phenoxy) is 1. The van der Waals surface area contributed by atoms with Gasteiger partial charge in [0.1, 0.15) is 23.2 Å². The second kappa shape index (κ2) is 7.44. The molecule has 6 nitrogen and oxygen atoms in total. The van der Waals surface area contributed by atoms with Gasteiger partial charge in [-0.15, -0.1) is 0 Å². The zero-order valence-electron chi connectivity index (χ0n) is 15.5. The minimum Gasteiger partial charge on any atom is -0.439 e. The minimum absolute atomic E-state index is 0.265. The monoisotopic (exact) mass is 367 g/mol. The van der Waals surface area contributed by atoms with Gasteiger partial charge < -0.3 is 9.30 Å². The molecule has 0 unspecified atom stereocenters. The van der Waals surface area contributed by atoms with Crippen molar-refractivity contribution in [2.24, 2.45) is 7.05 Å². The third-order valence-corrected chi connectivity index (χ3v) is 4.81. The summed E-state index contributed by atoms with van der Waals surface area (Å²) in [5, 5.41) is 0. The van der Waals surface area contributed by atoms with Crippen LogP contribution in [0.1, 0.15) is 29.7 Å². The van der Waals surface area contributed by atoms with Gasteiger partial charge in [0.25, 0.3) is 0 Å². The second-order valence-electron chi connectivity index (χ2n) is 6.94. The van der Waals surface area contributed by atoms with E-state index < -0.39 is 0 Å². The molecule has 0 N–H and O–H groups in total. The standard InChI is InChI=1S/C20H22FN5O/c1-14-11-19(27-17-5-3-16(21)4-6-17)24-20(23-14)15-7-9-26(12-15)13-18-22-8-10-25(18)2/h3-6,8,10-11,15H,7,9,12-13H2,1-2H3/t15-/m1/s1. The van der Waals surface area contributed by atoms with E-state index >= 15 is 0 Å². The smallest absolute Gasteiger partial charge is 0.222 e. The van der Waals surface area contributed by atoms with Gasteiger partial charge in [-0.05, 0) is 44.2 Å². The number of halogens is 1. The van der Waals surface area contributed by atoms with E-state index in [4.69, 9.17) is 4.74 Å². The van der Waals surface area contributed by atoms with Gasteiger partial charge in [-0.3, -0.25) is 4.90 Å². The van der Waals surface area contributed by atoms with Crippen LogP contribution in [0.15, 0.2) is 42.7 Å². The van der Waals surface area contributed by atoms with Crippen LogP contribution in [0.2, 0.25) is 0 Å². The Morgan fingerprint density at radius 3 is 2.78 bits per heavy atom. The molecule has 0 amide bonds. The van der Waals surface area contributed by atoms with Crippen molar-refractivity contribution in [2.75, 3.05) is 13.1 Å². The van der Waals surface area contributed by atoms with Crippen molar-refractivity contribution in [3.8, 4) is 11.6 Å². The lowest BCUT2D eigenvalue weighted by atomic mass is 10.1. The van der Waals surface area contributed by atoms with Crippen LogP contribution in [0.3, 0.4) is 0 Å². The summed E-state index contributed by atoms with van der Waals surface area (Å²) in [6.07, 6.45) is 4.79. The summed E-state index contributed by atoms with van der Waals surface area (Å²) in [6.45, 7) is 4.64. The number of nitrogens with zero attached hydrogens (tertiary/aromatic N) is 5. The summed E-state index contributed by atoms with van der Waals surface area (Å²) < 4.78 is 20.9. The number of rotatable bonds is 5. The van der Waals surface area contributed by atoms with Gasteiger partial charge >= 0.3 is 0 Å². The van der Waals surface area contributed by atoms with E-state index in [1.54, 1.807) is 18.2 Å². The van der Waals surface area contributed by atoms with Crippen molar-refractivity contribution in [1.29, 1.82) is 0 Å². The third-order valence-electron chi connectivity index (χ3n) is 4.81. The van der Waals surface area contributed by atoms with E-state index in [0.717, 1.165) is 43.4 Å². The molecule has 1 aliphatic rings. The first kappa shape index (κ1) is 17.6. The molecule has 1 saturated heterocycles. The number of hydrogen-bond donors (Lipinski definition) is 0. The number of aryl methyl sites for hydroxylation is 2. The van der Waals surface area contributed by atoms with Crippen molar-refractivity contribution in [1.82, 2.24) is 24.4 Å². The highest BCUT2D eigenvalue weighted by atomic mass is 19.1. The van der Waals surface area contributed by atoms with Crippen molar-refractivity contribution in [3.05, 3.63) is 65.9 Å². The average Bonchev–Trinajstić information content (AvgIpc) is 3.27. The Morgan fingerprint density at radius 1 is 1.22 bits per heavy atom. The Hall–Kier alpha value is -2.80. The molecule has 0 bridgehead atoms. The highest BCUT2D eigenvalue weighted by Crippen LogP contribution is 2.28. The lowest BCUT2D eigenvalue weighted by Crippen LogP contribution is -2.22. The van der Waals surface area contributed by atoms with Crippen LogP contribution in [0.4, 0.5) is 4.39 Å². The maximum absolute atomic E-state index is 13.1. The molecule has 1 aliphatic heterocycles. The fourth-order valence-electron chi connectivity index (χ4n) is 3.36. The Morgan fingerprint density at radius 2 is 2.04 bits per heavy atom. The van der Waals surface area contributed by atoms with E-state index in [1.807, 2.05) is 30.9 Å². The van der Waals surface area contributed by atoms with Crippen LogP contribution in [-0.2, 0) is 13.6 Å². The molecule has 7 heteroatoms. The van der Waals surface area contributed by atoms with E-state index in [-0.39, 0.29) is 11.7 Å². The summed E-state index contributed by atoms with van der Waals surface area (Å²) in [5.74, 6) is 2.88. The molecule has 0 saturated carbocycles. The van der Waals surface area contributed by atoms with Gasteiger partial charge in [0.2, 0.25) is 5.88 Å². The number of likely N-dealkylation sites (tertiary alicyclic amines) is 1. The van der Waals surface area contributed by atoms with E-state index in [2.05, 4.69) is 19.9 Å². The molecule has 0 aliphatic carbocycles. The zero-order valence-corrected chi connectivity index (χ0v) is 15.5. The lowest BCUT2D eigenvalue weighted by Gasteiger charge is -2.16. The van der Waals surface area contributed by atoms with Crippen LogP contribution < -0.4 is 4.74 Å². The molecule has 3 aromatic rings. The highest BCUT2D eigenvalue weighted by molar-refractivity contribution is 5.28. The third kappa shape index (κ3) is 4.14. The van der Waals surface area contributed by atoms with Gasteiger partial charge in [0.05, 0.1) is 6.54 Å². The molecule has 140 valence electrons. The Labute approximate surface area is 157 Å². The normalized spacial score (nSPS) is 17.4. The van der Waals surface area contributed by atoms with Gasteiger partial charge in [-0.1, -0.05) is 0 Å². The second-order valence-corrected chi connectivity index (χ2v) is 6.94. The average molecular weight is 367 g/mol. The summed E-state index contributed by atoms with van der Waals surface area (Å²) in [6, 6.07) is 7.73. The lowest BCUT2D eigenvalue weighted by molar-refractivity contribution is 0.313. The molecule has 1 aromatic carbocycles. The van der Waals surface area contributed by atoms with Crippen LogP contribution in [0.5, 0.6) is 11.6 Å². The van der Waals surface area contributed by atoms with Gasteiger partial charge in [0.15, 0.2) is 0 Å².